The number of amides is 1. The molecule has 2 rings (SSSR count). The molecule has 1 aliphatic heterocycles. The van der Waals surface area contributed by atoms with E-state index in [9.17, 15) is 9.90 Å². The lowest BCUT2D eigenvalue weighted by atomic mass is 9.76. The number of aliphatic hydroxyl groups is 1. The number of rotatable bonds is 3. The van der Waals surface area contributed by atoms with Crippen LogP contribution < -0.4 is 5.73 Å². The van der Waals surface area contributed by atoms with Gasteiger partial charge < -0.3 is 20.5 Å². The lowest BCUT2D eigenvalue weighted by Gasteiger charge is -2.55. The molecular weight excluding hydrogens is 244 g/mol. The van der Waals surface area contributed by atoms with E-state index < -0.39 is 17.7 Å². The highest BCUT2D eigenvalue weighted by Crippen LogP contribution is 2.38. The van der Waals surface area contributed by atoms with Crippen LogP contribution in [0, 0.1) is 23.7 Å². The molecule has 3 N–H and O–H groups in total. The average Bonchev–Trinajstić information content (AvgIpc) is 2.42. The second-order valence-corrected chi connectivity index (χ2v) is 4.39. The molecule has 1 amide bonds. The molecule has 0 aromatic carbocycles. The van der Waals surface area contributed by atoms with Gasteiger partial charge in [0, 0.05) is 26.6 Å². The van der Waals surface area contributed by atoms with Crippen LogP contribution in [0.4, 0.5) is 0 Å². The summed E-state index contributed by atoms with van der Waals surface area (Å²) in [5, 5.41) is 10.2. The molecule has 1 heterocycles. The summed E-state index contributed by atoms with van der Waals surface area (Å²) in [6, 6.07) is -0.526. The van der Waals surface area contributed by atoms with Crippen LogP contribution in [0.1, 0.15) is 6.42 Å². The third-order valence-corrected chi connectivity index (χ3v) is 3.40. The number of aliphatic hydroxyl groups excluding tert-OH is 1. The van der Waals surface area contributed by atoms with Crippen molar-refractivity contribution in [1.29, 1.82) is 0 Å². The Balaban J connectivity index is 2.38. The van der Waals surface area contributed by atoms with Crippen molar-refractivity contribution >= 4 is 5.91 Å². The van der Waals surface area contributed by atoms with Crippen molar-refractivity contribution in [3.63, 3.8) is 0 Å². The minimum Gasteiger partial charge on any atom is -0.378 e. The van der Waals surface area contributed by atoms with Gasteiger partial charge in [-0.3, -0.25) is 4.79 Å². The van der Waals surface area contributed by atoms with Crippen molar-refractivity contribution in [3.05, 3.63) is 12.2 Å². The number of hydrogen-bond acceptors (Lipinski definition) is 4. The quantitative estimate of drug-likeness (QED) is 0.497. The number of hydrogen-bond donors (Lipinski definition) is 2. The van der Waals surface area contributed by atoms with E-state index in [0.29, 0.717) is 13.1 Å². The number of β-lactam (4-membered cyclic amide) rings is 1. The van der Waals surface area contributed by atoms with Crippen molar-refractivity contribution in [2.24, 2.45) is 5.73 Å². The molecular formula is C14H16N2O3. The maximum atomic E-state index is 12.2. The summed E-state index contributed by atoms with van der Waals surface area (Å²) < 4.78 is 5.38. The minimum absolute atomic E-state index is 0.190. The predicted octanol–water partition coefficient (Wildman–Crippen LogP) is -1.13. The standard InChI is InChI=1S/C14H16N2O3/c1-19-14-8-6-4-2-3-5-7-11(17)12(14)16(10-9-15)13(14)18/h2-3,11-12,17H,8-10,15H2,1H3/b3-2-/t11-,12+,14-/m0/s1. The summed E-state index contributed by atoms with van der Waals surface area (Å²) >= 11 is 0. The first-order valence-electron chi connectivity index (χ1n) is 6.06. The Morgan fingerprint density at radius 1 is 1.58 bits per heavy atom. The molecule has 1 fully saturated rings. The number of allylic oxidation sites excluding steroid dienone is 2. The topological polar surface area (TPSA) is 75.8 Å². The first-order chi connectivity index (χ1) is 9.17. The summed E-state index contributed by atoms with van der Waals surface area (Å²) in [5.74, 6) is 10.9. The third kappa shape index (κ3) is 2.13. The molecule has 0 aromatic heterocycles. The fourth-order valence-electron chi connectivity index (χ4n) is 2.48. The SMILES string of the molecule is CO[C@@]12CC#C/C=C\C#C[C@H](O)[C@H]1N(CCN)C2=O. The Labute approximate surface area is 112 Å². The summed E-state index contributed by atoms with van der Waals surface area (Å²) in [4.78, 5) is 13.8. The van der Waals surface area contributed by atoms with E-state index in [1.54, 1.807) is 12.2 Å². The van der Waals surface area contributed by atoms with Gasteiger partial charge in [-0.1, -0.05) is 23.7 Å². The van der Waals surface area contributed by atoms with Crippen LogP contribution in [-0.2, 0) is 9.53 Å². The molecule has 0 radical (unpaired) electrons. The van der Waals surface area contributed by atoms with Crippen molar-refractivity contribution < 1.29 is 14.6 Å². The fraction of sp³-hybridized carbons (Fsp3) is 0.500. The molecule has 0 saturated carbocycles. The number of methoxy groups -OCH3 is 1. The highest BCUT2D eigenvalue weighted by atomic mass is 16.5. The summed E-state index contributed by atoms with van der Waals surface area (Å²) in [7, 11) is 1.45. The third-order valence-electron chi connectivity index (χ3n) is 3.40. The molecule has 2 aliphatic rings. The van der Waals surface area contributed by atoms with E-state index in [1.165, 1.54) is 12.0 Å². The van der Waals surface area contributed by atoms with Gasteiger partial charge in [-0.25, -0.2) is 0 Å². The molecule has 5 heteroatoms. The van der Waals surface area contributed by atoms with Gasteiger partial charge in [0.05, 0.1) is 0 Å². The average molecular weight is 260 g/mol. The summed E-state index contributed by atoms with van der Waals surface area (Å²) in [6.45, 7) is 0.699. The van der Waals surface area contributed by atoms with E-state index in [-0.39, 0.29) is 12.3 Å². The monoisotopic (exact) mass is 260 g/mol. The van der Waals surface area contributed by atoms with E-state index in [2.05, 4.69) is 23.7 Å². The predicted molar refractivity (Wildman–Crippen MR) is 69.6 cm³/mol. The van der Waals surface area contributed by atoms with Crippen molar-refractivity contribution in [2.45, 2.75) is 24.2 Å². The Hall–Kier alpha value is -1.79. The molecule has 0 unspecified atom stereocenters. The molecule has 1 saturated heterocycles. The van der Waals surface area contributed by atoms with Gasteiger partial charge in [-0.15, -0.1) is 0 Å². The van der Waals surface area contributed by atoms with Crippen molar-refractivity contribution in [3.8, 4) is 23.7 Å². The van der Waals surface area contributed by atoms with Crippen LogP contribution in [0.15, 0.2) is 12.2 Å². The Morgan fingerprint density at radius 3 is 3.00 bits per heavy atom. The highest BCUT2D eigenvalue weighted by molar-refractivity contribution is 5.94. The lowest BCUT2D eigenvalue weighted by molar-refractivity contribution is -0.206. The zero-order valence-electron chi connectivity index (χ0n) is 10.7. The number of nitrogens with two attached hydrogens (primary N) is 1. The van der Waals surface area contributed by atoms with Gasteiger partial charge in [0.15, 0.2) is 5.60 Å². The van der Waals surface area contributed by atoms with Gasteiger partial charge in [-0.05, 0) is 12.2 Å². The Kier molecular flexibility index (Phi) is 3.92. The van der Waals surface area contributed by atoms with Crippen LogP contribution in [0.25, 0.3) is 0 Å². The second-order valence-electron chi connectivity index (χ2n) is 4.39. The molecule has 5 nitrogen and oxygen atoms in total. The van der Waals surface area contributed by atoms with Crippen LogP contribution in [0.5, 0.6) is 0 Å². The smallest absolute Gasteiger partial charge is 0.258 e. The maximum absolute atomic E-state index is 12.2. The van der Waals surface area contributed by atoms with Gasteiger partial charge >= 0.3 is 0 Å². The first kappa shape index (κ1) is 13.6. The molecule has 3 atom stereocenters. The summed E-state index contributed by atoms with van der Waals surface area (Å²) in [5.41, 5.74) is 4.38. The van der Waals surface area contributed by atoms with E-state index in [4.69, 9.17) is 10.5 Å². The molecule has 100 valence electrons. The van der Waals surface area contributed by atoms with E-state index >= 15 is 0 Å². The van der Waals surface area contributed by atoms with Crippen molar-refractivity contribution in [2.75, 3.05) is 20.2 Å². The number of likely N-dealkylation sites (tertiary alicyclic amines) is 1. The van der Waals surface area contributed by atoms with Crippen LogP contribution >= 0.6 is 0 Å². The molecule has 0 bridgehead atoms. The highest BCUT2D eigenvalue weighted by Gasteiger charge is 2.63. The van der Waals surface area contributed by atoms with Gasteiger partial charge in [-0.2, -0.15) is 0 Å². The zero-order chi connectivity index (χ0) is 13.9. The second kappa shape index (κ2) is 5.46. The van der Waals surface area contributed by atoms with Gasteiger partial charge in [0.1, 0.15) is 12.1 Å². The molecule has 19 heavy (non-hydrogen) atoms. The number of ether oxygens (including phenoxy) is 1. The normalized spacial score (nSPS) is 34.1. The first-order valence-corrected chi connectivity index (χ1v) is 6.06. The van der Waals surface area contributed by atoms with Crippen LogP contribution in [-0.4, -0.2) is 53.9 Å². The molecule has 0 spiro atoms. The van der Waals surface area contributed by atoms with Crippen LogP contribution in [0.2, 0.25) is 0 Å². The number of carbonyl (C=O) groups is 1. The fourth-order valence-corrected chi connectivity index (χ4v) is 2.48. The Bertz CT molecular complexity index is 520. The van der Waals surface area contributed by atoms with E-state index in [0.717, 1.165) is 0 Å². The van der Waals surface area contributed by atoms with E-state index in [1.807, 2.05) is 0 Å². The van der Waals surface area contributed by atoms with Crippen LogP contribution in [0.3, 0.4) is 0 Å². The largest absolute Gasteiger partial charge is 0.378 e. The maximum Gasteiger partial charge on any atom is 0.258 e. The lowest BCUT2D eigenvalue weighted by Crippen LogP contribution is -2.78. The van der Waals surface area contributed by atoms with Gasteiger partial charge in [0.25, 0.3) is 5.91 Å². The molecule has 0 aromatic rings. The Morgan fingerprint density at radius 2 is 2.32 bits per heavy atom. The number of fused-ring (bicyclic) bond motifs is 1. The number of nitrogens with zero attached hydrogens (tertiary/aromatic N) is 1. The van der Waals surface area contributed by atoms with Crippen molar-refractivity contribution in [1.82, 2.24) is 4.90 Å². The number of carbonyl (C=O) groups excluding carboxylic acids is 1. The molecule has 1 aliphatic carbocycles. The zero-order valence-corrected chi connectivity index (χ0v) is 10.7. The minimum atomic E-state index is -1.11. The van der Waals surface area contributed by atoms with Gasteiger partial charge in [0.2, 0.25) is 0 Å². The summed E-state index contributed by atoms with van der Waals surface area (Å²) in [6.07, 6.45) is 2.42.